The smallest absolute Gasteiger partial charge is 0.253 e. The lowest BCUT2D eigenvalue weighted by Gasteiger charge is -2.36. The van der Waals surface area contributed by atoms with Crippen LogP contribution in [0.25, 0.3) is 0 Å². The maximum Gasteiger partial charge on any atom is 0.253 e. The van der Waals surface area contributed by atoms with Gasteiger partial charge in [-0.2, -0.15) is 0 Å². The van der Waals surface area contributed by atoms with Crippen molar-refractivity contribution in [3.8, 4) is 0 Å². The molecule has 0 saturated carbocycles. The van der Waals surface area contributed by atoms with Crippen LogP contribution >= 0.6 is 11.8 Å². The summed E-state index contributed by atoms with van der Waals surface area (Å²) < 4.78 is 5.41. The first-order valence-corrected chi connectivity index (χ1v) is 9.72. The molecule has 0 aliphatic carbocycles. The number of hydrogen-bond donors (Lipinski definition) is 0. The van der Waals surface area contributed by atoms with Gasteiger partial charge in [-0.1, -0.05) is 0 Å². The topological polar surface area (TPSA) is 32.8 Å². The third-order valence-electron chi connectivity index (χ3n) is 4.86. The van der Waals surface area contributed by atoms with Gasteiger partial charge in [0.1, 0.15) is 0 Å². The highest BCUT2D eigenvalue weighted by Gasteiger charge is 2.25. The molecule has 1 aromatic carbocycles. The van der Waals surface area contributed by atoms with E-state index in [0.29, 0.717) is 0 Å². The molecule has 1 aromatic rings. The molecule has 0 radical (unpaired) electrons. The van der Waals surface area contributed by atoms with E-state index in [4.69, 9.17) is 4.74 Å². The number of thioether (sulfide) groups is 1. The first kappa shape index (κ1) is 16.8. The van der Waals surface area contributed by atoms with Crippen molar-refractivity contribution in [2.75, 3.05) is 52.2 Å². The Bertz CT molecular complexity index is 506. The molecule has 2 heterocycles. The normalized spacial score (nSPS) is 20.7. The molecule has 2 aliphatic heterocycles. The van der Waals surface area contributed by atoms with Gasteiger partial charge in [-0.05, 0) is 49.3 Å². The quantitative estimate of drug-likeness (QED) is 0.793. The van der Waals surface area contributed by atoms with E-state index < -0.39 is 0 Å². The molecule has 0 atom stereocenters. The van der Waals surface area contributed by atoms with Crippen molar-refractivity contribution in [1.82, 2.24) is 9.80 Å². The van der Waals surface area contributed by atoms with Crippen molar-refractivity contribution in [2.45, 2.75) is 17.7 Å². The molecular weight excluding hydrogens is 308 g/mol. The molecule has 0 bridgehead atoms. The largest absolute Gasteiger partial charge is 0.379 e. The Morgan fingerprint density at radius 2 is 1.78 bits per heavy atom. The fourth-order valence-corrected chi connectivity index (χ4v) is 3.79. The number of morpholine rings is 1. The second-order valence-electron chi connectivity index (χ2n) is 6.38. The molecule has 23 heavy (non-hydrogen) atoms. The van der Waals surface area contributed by atoms with E-state index in [9.17, 15) is 4.79 Å². The third-order valence-corrected chi connectivity index (χ3v) is 5.60. The Morgan fingerprint density at radius 3 is 2.39 bits per heavy atom. The van der Waals surface area contributed by atoms with Gasteiger partial charge in [0.25, 0.3) is 5.91 Å². The minimum atomic E-state index is 0.183. The predicted molar refractivity (Wildman–Crippen MR) is 94.1 cm³/mol. The Hall–Kier alpha value is -1.04. The summed E-state index contributed by atoms with van der Waals surface area (Å²) in [5.41, 5.74) is 0.814. The van der Waals surface area contributed by atoms with Gasteiger partial charge in [0, 0.05) is 43.2 Å². The van der Waals surface area contributed by atoms with Crippen LogP contribution in [0.5, 0.6) is 0 Å². The van der Waals surface area contributed by atoms with Gasteiger partial charge in [-0.15, -0.1) is 11.8 Å². The summed E-state index contributed by atoms with van der Waals surface area (Å²) in [5.74, 6) is 0.901. The van der Waals surface area contributed by atoms with Crippen LogP contribution in [-0.4, -0.2) is 67.9 Å². The highest BCUT2D eigenvalue weighted by molar-refractivity contribution is 7.98. The number of benzene rings is 1. The fourth-order valence-electron chi connectivity index (χ4n) is 3.38. The lowest BCUT2D eigenvalue weighted by Crippen LogP contribution is -2.44. The Kier molecular flexibility index (Phi) is 5.97. The number of carbonyl (C=O) groups is 1. The summed E-state index contributed by atoms with van der Waals surface area (Å²) in [6, 6.07) is 7.97. The lowest BCUT2D eigenvalue weighted by molar-refractivity contribution is 0.0243. The maximum atomic E-state index is 12.6. The second-order valence-corrected chi connectivity index (χ2v) is 7.26. The van der Waals surface area contributed by atoms with Gasteiger partial charge in [0.15, 0.2) is 0 Å². The lowest BCUT2D eigenvalue weighted by atomic mass is 9.95. The van der Waals surface area contributed by atoms with Crippen LogP contribution in [0, 0.1) is 5.92 Å². The summed E-state index contributed by atoms with van der Waals surface area (Å²) in [5, 5.41) is 0. The van der Waals surface area contributed by atoms with Gasteiger partial charge in [-0.3, -0.25) is 9.69 Å². The van der Waals surface area contributed by atoms with E-state index in [1.54, 1.807) is 11.8 Å². The summed E-state index contributed by atoms with van der Waals surface area (Å²) in [7, 11) is 0. The molecular formula is C18H26N2O2S. The van der Waals surface area contributed by atoms with E-state index in [2.05, 4.69) is 11.2 Å². The predicted octanol–water partition coefficient (Wildman–Crippen LogP) is 2.59. The molecule has 0 unspecified atom stereocenters. The zero-order valence-corrected chi connectivity index (χ0v) is 14.7. The zero-order valence-electron chi connectivity index (χ0n) is 13.9. The van der Waals surface area contributed by atoms with Crippen molar-refractivity contribution < 1.29 is 9.53 Å². The number of amides is 1. The van der Waals surface area contributed by atoms with Crippen molar-refractivity contribution in [3.05, 3.63) is 29.8 Å². The molecule has 5 heteroatoms. The number of piperidine rings is 1. The molecule has 4 nitrogen and oxygen atoms in total. The number of rotatable bonds is 4. The van der Waals surface area contributed by atoms with Crippen molar-refractivity contribution in [1.29, 1.82) is 0 Å². The van der Waals surface area contributed by atoms with Crippen LogP contribution in [0.4, 0.5) is 0 Å². The van der Waals surface area contributed by atoms with E-state index >= 15 is 0 Å². The second kappa shape index (κ2) is 8.18. The van der Waals surface area contributed by atoms with E-state index in [0.717, 1.165) is 70.3 Å². The number of likely N-dealkylation sites (tertiary alicyclic amines) is 1. The highest BCUT2D eigenvalue weighted by Crippen LogP contribution is 2.21. The molecule has 0 aromatic heterocycles. The van der Waals surface area contributed by atoms with E-state index in [1.165, 1.54) is 4.90 Å². The molecule has 126 valence electrons. The van der Waals surface area contributed by atoms with E-state index in [-0.39, 0.29) is 5.91 Å². The van der Waals surface area contributed by atoms with Gasteiger partial charge in [-0.25, -0.2) is 0 Å². The van der Waals surface area contributed by atoms with Crippen molar-refractivity contribution in [2.24, 2.45) is 5.92 Å². The zero-order chi connectivity index (χ0) is 16.1. The molecule has 0 N–H and O–H groups in total. The fraction of sp³-hybridized carbons (Fsp3) is 0.611. The standard InChI is InChI=1S/C18H26N2O2S/c1-23-17-4-2-16(3-5-17)18(21)20-8-6-15(7-9-20)14-19-10-12-22-13-11-19/h2-5,15H,6-14H2,1H3. The summed E-state index contributed by atoms with van der Waals surface area (Å²) >= 11 is 1.70. The molecule has 1 amide bonds. The first-order chi connectivity index (χ1) is 11.3. The Morgan fingerprint density at radius 1 is 1.13 bits per heavy atom. The molecule has 2 saturated heterocycles. The number of hydrogen-bond acceptors (Lipinski definition) is 4. The van der Waals surface area contributed by atoms with Crippen LogP contribution in [0.15, 0.2) is 29.2 Å². The van der Waals surface area contributed by atoms with Gasteiger partial charge in [0.05, 0.1) is 13.2 Å². The van der Waals surface area contributed by atoms with Gasteiger partial charge < -0.3 is 9.64 Å². The summed E-state index contributed by atoms with van der Waals surface area (Å²) in [6.45, 7) is 6.78. The first-order valence-electron chi connectivity index (χ1n) is 8.49. The molecule has 2 aliphatic rings. The van der Waals surface area contributed by atoms with Crippen LogP contribution < -0.4 is 0 Å². The third kappa shape index (κ3) is 4.49. The Balaban J connectivity index is 1.48. The average Bonchev–Trinajstić information content (AvgIpc) is 2.63. The number of ether oxygens (including phenoxy) is 1. The SMILES string of the molecule is CSc1ccc(C(=O)N2CCC(CN3CCOCC3)CC2)cc1. The monoisotopic (exact) mass is 334 g/mol. The molecule has 2 fully saturated rings. The Labute approximate surface area is 143 Å². The molecule has 0 spiro atoms. The summed E-state index contributed by atoms with van der Waals surface area (Å²) in [6.07, 6.45) is 4.29. The van der Waals surface area contributed by atoms with Gasteiger partial charge in [0.2, 0.25) is 0 Å². The number of carbonyl (C=O) groups excluding carboxylic acids is 1. The van der Waals surface area contributed by atoms with Crippen LogP contribution in [0.1, 0.15) is 23.2 Å². The van der Waals surface area contributed by atoms with Crippen LogP contribution in [-0.2, 0) is 4.74 Å². The minimum absolute atomic E-state index is 0.183. The summed E-state index contributed by atoms with van der Waals surface area (Å²) in [4.78, 5) is 18.3. The molecule has 3 rings (SSSR count). The average molecular weight is 334 g/mol. The van der Waals surface area contributed by atoms with Crippen LogP contribution in [0.2, 0.25) is 0 Å². The number of nitrogens with zero attached hydrogens (tertiary/aromatic N) is 2. The minimum Gasteiger partial charge on any atom is -0.379 e. The van der Waals surface area contributed by atoms with Crippen molar-refractivity contribution in [3.63, 3.8) is 0 Å². The van der Waals surface area contributed by atoms with Crippen molar-refractivity contribution >= 4 is 17.7 Å². The van der Waals surface area contributed by atoms with Gasteiger partial charge >= 0.3 is 0 Å². The van der Waals surface area contributed by atoms with E-state index in [1.807, 2.05) is 29.2 Å². The van der Waals surface area contributed by atoms with Crippen LogP contribution in [0.3, 0.4) is 0 Å². The maximum absolute atomic E-state index is 12.6. The highest BCUT2D eigenvalue weighted by atomic mass is 32.2.